The topological polar surface area (TPSA) is 30.2 Å². The Morgan fingerprint density at radius 2 is 1.29 bits per heavy atom. The summed E-state index contributed by atoms with van der Waals surface area (Å²) in [6, 6.07) is 6.28. The monoisotopic (exact) mass is 388 g/mol. The first-order valence-corrected chi connectivity index (χ1v) is 11.5. The SMILES string of the molecule is C=CC(=O)OC(C)CCCCCCCCCCCCCCC[n+]1ccccc1. The highest BCUT2D eigenvalue weighted by atomic mass is 16.5. The quantitative estimate of drug-likeness (QED) is 0.123. The van der Waals surface area contributed by atoms with Gasteiger partial charge in [-0.3, -0.25) is 0 Å². The lowest BCUT2D eigenvalue weighted by Crippen LogP contribution is -2.32. The van der Waals surface area contributed by atoms with Gasteiger partial charge in [0.05, 0.1) is 6.10 Å². The number of unbranched alkanes of at least 4 members (excludes halogenated alkanes) is 12. The molecule has 1 rings (SSSR count). The second-order valence-electron chi connectivity index (χ2n) is 7.95. The molecule has 0 aliphatic carbocycles. The molecule has 1 heterocycles. The van der Waals surface area contributed by atoms with Crippen LogP contribution in [0.5, 0.6) is 0 Å². The number of carbonyl (C=O) groups excluding carboxylic acids is 1. The van der Waals surface area contributed by atoms with E-state index in [0.29, 0.717) is 0 Å². The fraction of sp³-hybridized carbons (Fsp3) is 0.680. The van der Waals surface area contributed by atoms with Gasteiger partial charge in [-0.1, -0.05) is 76.9 Å². The van der Waals surface area contributed by atoms with Crippen LogP contribution in [0.3, 0.4) is 0 Å². The average molecular weight is 389 g/mol. The molecule has 0 bridgehead atoms. The van der Waals surface area contributed by atoms with Crippen LogP contribution in [0, 0.1) is 0 Å². The lowest BCUT2D eigenvalue weighted by atomic mass is 10.0. The molecule has 3 heteroatoms. The van der Waals surface area contributed by atoms with E-state index in [1.807, 2.05) is 6.92 Å². The molecule has 28 heavy (non-hydrogen) atoms. The Morgan fingerprint density at radius 3 is 1.79 bits per heavy atom. The number of esters is 1. The Labute approximate surface area is 173 Å². The van der Waals surface area contributed by atoms with Crippen LogP contribution in [-0.4, -0.2) is 12.1 Å². The molecule has 0 N–H and O–H groups in total. The third kappa shape index (κ3) is 14.4. The number of hydrogen-bond acceptors (Lipinski definition) is 2. The number of pyridine rings is 1. The maximum atomic E-state index is 11.1. The molecule has 1 unspecified atom stereocenters. The van der Waals surface area contributed by atoms with Gasteiger partial charge < -0.3 is 4.74 Å². The summed E-state index contributed by atoms with van der Waals surface area (Å²) in [5.74, 6) is -0.307. The van der Waals surface area contributed by atoms with Crippen LogP contribution in [0.4, 0.5) is 0 Å². The number of aryl methyl sites for hydroxylation is 1. The molecule has 1 aromatic rings. The molecule has 1 atom stereocenters. The highest BCUT2D eigenvalue weighted by molar-refractivity contribution is 5.81. The van der Waals surface area contributed by atoms with E-state index in [9.17, 15) is 4.79 Å². The van der Waals surface area contributed by atoms with Gasteiger partial charge in [-0.2, -0.15) is 0 Å². The molecule has 0 aromatic carbocycles. The summed E-state index contributed by atoms with van der Waals surface area (Å²) in [6.07, 6.45) is 24.0. The lowest BCUT2D eigenvalue weighted by molar-refractivity contribution is -0.697. The van der Waals surface area contributed by atoms with E-state index in [0.717, 1.165) is 19.4 Å². The number of nitrogens with zero attached hydrogens (tertiary/aromatic N) is 1. The molecule has 0 amide bonds. The van der Waals surface area contributed by atoms with Crippen LogP contribution in [0.2, 0.25) is 0 Å². The molecule has 1 aromatic heterocycles. The van der Waals surface area contributed by atoms with Crippen LogP contribution >= 0.6 is 0 Å². The van der Waals surface area contributed by atoms with Crippen molar-refractivity contribution in [2.45, 2.75) is 109 Å². The smallest absolute Gasteiger partial charge is 0.330 e. The molecular formula is C25H42NO2+. The summed E-state index contributed by atoms with van der Waals surface area (Å²) in [4.78, 5) is 11.1. The van der Waals surface area contributed by atoms with Gasteiger partial charge in [0.1, 0.15) is 6.54 Å². The van der Waals surface area contributed by atoms with E-state index < -0.39 is 0 Å². The second-order valence-corrected chi connectivity index (χ2v) is 7.95. The fourth-order valence-electron chi connectivity index (χ4n) is 3.56. The second kappa shape index (κ2) is 17.5. The van der Waals surface area contributed by atoms with Gasteiger partial charge in [-0.05, 0) is 26.2 Å². The highest BCUT2D eigenvalue weighted by Crippen LogP contribution is 2.14. The standard InChI is InChI=1S/C25H42NO2/c1-3-25(27)28-24(2)20-16-13-11-9-7-5-4-6-8-10-12-14-17-21-26-22-18-15-19-23-26/h3,15,18-19,22-24H,1,4-14,16-17,20-21H2,2H3/q+1. The number of aromatic nitrogens is 1. The fourth-order valence-corrected chi connectivity index (χ4v) is 3.56. The Morgan fingerprint density at radius 1 is 0.821 bits per heavy atom. The molecule has 0 aliphatic rings. The van der Waals surface area contributed by atoms with Crippen molar-refractivity contribution in [2.75, 3.05) is 0 Å². The maximum Gasteiger partial charge on any atom is 0.330 e. The van der Waals surface area contributed by atoms with Crippen molar-refractivity contribution >= 4 is 5.97 Å². The van der Waals surface area contributed by atoms with E-state index in [1.54, 1.807) is 0 Å². The van der Waals surface area contributed by atoms with Crippen molar-refractivity contribution in [3.63, 3.8) is 0 Å². The van der Waals surface area contributed by atoms with Crippen LogP contribution in [0.15, 0.2) is 43.2 Å². The molecule has 0 saturated heterocycles. The third-order valence-electron chi connectivity index (χ3n) is 5.29. The van der Waals surface area contributed by atoms with Crippen molar-refractivity contribution in [3.05, 3.63) is 43.2 Å². The summed E-state index contributed by atoms with van der Waals surface area (Å²) in [7, 11) is 0. The van der Waals surface area contributed by atoms with Gasteiger partial charge >= 0.3 is 5.97 Å². The van der Waals surface area contributed by atoms with E-state index in [1.165, 1.54) is 83.1 Å². The molecule has 0 aliphatic heterocycles. The van der Waals surface area contributed by atoms with Gasteiger partial charge in [-0.15, -0.1) is 0 Å². The zero-order valence-electron chi connectivity index (χ0n) is 18.1. The summed E-state index contributed by atoms with van der Waals surface area (Å²) in [5.41, 5.74) is 0. The summed E-state index contributed by atoms with van der Waals surface area (Å²) < 4.78 is 7.45. The average Bonchev–Trinajstić information content (AvgIpc) is 2.71. The summed E-state index contributed by atoms with van der Waals surface area (Å²) in [6.45, 7) is 6.54. The van der Waals surface area contributed by atoms with Gasteiger partial charge in [0.2, 0.25) is 0 Å². The zero-order chi connectivity index (χ0) is 20.3. The minimum absolute atomic E-state index is 0.0163. The van der Waals surface area contributed by atoms with Crippen LogP contribution in [0.25, 0.3) is 0 Å². The molecule has 3 nitrogen and oxygen atoms in total. The van der Waals surface area contributed by atoms with Crippen LogP contribution < -0.4 is 4.57 Å². The Kier molecular flexibility index (Phi) is 15.2. The lowest BCUT2D eigenvalue weighted by Gasteiger charge is -2.11. The molecule has 0 fully saturated rings. The Hall–Kier alpha value is -1.64. The largest absolute Gasteiger partial charge is 0.460 e. The van der Waals surface area contributed by atoms with Crippen molar-refractivity contribution in [1.29, 1.82) is 0 Å². The zero-order valence-corrected chi connectivity index (χ0v) is 18.1. The first-order chi connectivity index (χ1) is 13.7. The first-order valence-electron chi connectivity index (χ1n) is 11.5. The minimum atomic E-state index is -0.307. The van der Waals surface area contributed by atoms with Crippen LogP contribution in [0.1, 0.15) is 96.8 Å². The van der Waals surface area contributed by atoms with Gasteiger partial charge in [0.15, 0.2) is 12.4 Å². The number of ether oxygens (including phenoxy) is 1. The first kappa shape index (κ1) is 24.4. The molecule has 0 spiro atoms. The predicted molar refractivity (Wildman–Crippen MR) is 117 cm³/mol. The number of hydrogen-bond donors (Lipinski definition) is 0. The predicted octanol–water partition coefficient (Wildman–Crippen LogP) is 6.55. The molecular weight excluding hydrogens is 346 g/mol. The van der Waals surface area contributed by atoms with Crippen molar-refractivity contribution in [2.24, 2.45) is 0 Å². The summed E-state index contributed by atoms with van der Waals surface area (Å²) in [5, 5.41) is 0. The van der Waals surface area contributed by atoms with Gasteiger partial charge in [0.25, 0.3) is 0 Å². The van der Waals surface area contributed by atoms with Crippen molar-refractivity contribution in [3.8, 4) is 0 Å². The molecule has 0 radical (unpaired) electrons. The number of carbonyl (C=O) groups is 1. The molecule has 158 valence electrons. The third-order valence-corrected chi connectivity index (χ3v) is 5.29. The molecule has 0 saturated carbocycles. The van der Waals surface area contributed by atoms with Gasteiger partial charge in [0, 0.05) is 24.6 Å². The van der Waals surface area contributed by atoms with E-state index in [2.05, 4.69) is 41.7 Å². The maximum absolute atomic E-state index is 11.1. The minimum Gasteiger partial charge on any atom is -0.460 e. The normalized spacial score (nSPS) is 11.9. The van der Waals surface area contributed by atoms with E-state index in [4.69, 9.17) is 4.74 Å². The van der Waals surface area contributed by atoms with Crippen molar-refractivity contribution < 1.29 is 14.1 Å². The Balaban J connectivity index is 1.75. The Bertz CT molecular complexity index is 501. The van der Waals surface area contributed by atoms with Gasteiger partial charge in [-0.25, -0.2) is 9.36 Å². The van der Waals surface area contributed by atoms with E-state index in [-0.39, 0.29) is 12.1 Å². The van der Waals surface area contributed by atoms with E-state index >= 15 is 0 Å². The summed E-state index contributed by atoms with van der Waals surface area (Å²) >= 11 is 0. The highest BCUT2D eigenvalue weighted by Gasteiger charge is 2.05. The van der Waals surface area contributed by atoms with Crippen LogP contribution in [-0.2, 0) is 16.1 Å². The number of rotatable bonds is 18. The van der Waals surface area contributed by atoms with Crippen molar-refractivity contribution in [1.82, 2.24) is 0 Å².